The maximum atomic E-state index is 10.6. The number of fused-ring (bicyclic) bond motifs is 1. The molecule has 2 rings (SSSR count). The van der Waals surface area contributed by atoms with E-state index in [-0.39, 0.29) is 5.97 Å². The summed E-state index contributed by atoms with van der Waals surface area (Å²) in [7, 11) is 0. The monoisotopic (exact) mass is 281 g/mol. The molecule has 0 unspecified atom stereocenters. The van der Waals surface area contributed by atoms with Crippen LogP contribution in [0.3, 0.4) is 0 Å². The Labute approximate surface area is 115 Å². The molecule has 0 aliphatic rings. The second-order valence-electron chi connectivity index (χ2n) is 3.84. The molecule has 3 nitrogen and oxygen atoms in total. The van der Waals surface area contributed by atoms with Crippen LogP contribution in [-0.4, -0.2) is 23.3 Å². The first-order valence-electron chi connectivity index (χ1n) is 5.87. The number of ether oxygens (including phenoxy) is 1. The minimum atomic E-state index is -0.200. The Bertz CT molecular complexity index is 491. The molecule has 0 bridgehead atoms. The molecule has 0 spiro atoms. The number of carbonyl (C=O) groups excluding carboxylic acids is 1. The third-order valence-electron chi connectivity index (χ3n) is 2.34. The van der Waals surface area contributed by atoms with Gasteiger partial charge in [0.1, 0.15) is 0 Å². The average molecular weight is 281 g/mol. The second kappa shape index (κ2) is 6.75. The summed E-state index contributed by atoms with van der Waals surface area (Å²) in [6, 6.07) is 8.18. The zero-order valence-corrected chi connectivity index (χ0v) is 11.9. The van der Waals surface area contributed by atoms with Gasteiger partial charge in [0.25, 0.3) is 0 Å². The maximum absolute atomic E-state index is 10.6. The minimum Gasteiger partial charge on any atom is -0.466 e. The molecule has 0 amide bonds. The van der Waals surface area contributed by atoms with Gasteiger partial charge in [-0.05, 0) is 25.0 Å². The van der Waals surface area contributed by atoms with Gasteiger partial charge in [-0.3, -0.25) is 4.79 Å². The Morgan fingerprint density at radius 1 is 1.39 bits per heavy atom. The van der Waals surface area contributed by atoms with Crippen molar-refractivity contribution in [2.75, 3.05) is 12.4 Å². The zero-order chi connectivity index (χ0) is 12.8. The second-order valence-corrected chi connectivity index (χ2v) is 6.22. The predicted octanol–water partition coefficient (Wildman–Crippen LogP) is 3.73. The number of benzene rings is 1. The fourth-order valence-corrected chi connectivity index (χ4v) is 3.63. The summed E-state index contributed by atoms with van der Waals surface area (Å²) in [5, 5.41) is 0. The normalized spacial score (nSPS) is 10.7. The summed E-state index contributed by atoms with van der Waals surface area (Å²) in [6.45, 7) is 1.96. The van der Waals surface area contributed by atoms with E-state index in [1.807, 2.05) is 18.2 Å². The number of carbonyl (C=O) groups is 1. The number of aromatic nitrogens is 1. The molecule has 0 radical (unpaired) electrons. The van der Waals surface area contributed by atoms with Gasteiger partial charge in [-0.25, -0.2) is 4.98 Å². The third kappa shape index (κ3) is 3.99. The van der Waals surface area contributed by atoms with Gasteiger partial charge in [-0.2, -0.15) is 0 Å². The Kier molecular flexibility index (Phi) is 5.01. The summed E-state index contributed by atoms with van der Waals surface area (Å²) in [6.07, 6.45) is 1.95. The molecule has 1 aromatic carbocycles. The lowest BCUT2D eigenvalue weighted by atomic mass is 10.3. The molecule has 2 aromatic rings. The quantitative estimate of drug-likeness (QED) is 0.459. The van der Waals surface area contributed by atoms with E-state index >= 15 is 0 Å². The Morgan fingerprint density at radius 3 is 3.00 bits per heavy atom. The van der Waals surface area contributed by atoms with Gasteiger partial charge in [0.2, 0.25) is 0 Å². The van der Waals surface area contributed by atoms with Gasteiger partial charge in [0, 0.05) is 12.7 Å². The van der Waals surface area contributed by atoms with Crippen LogP contribution in [0.25, 0.3) is 10.2 Å². The van der Waals surface area contributed by atoms with Crippen molar-refractivity contribution in [2.24, 2.45) is 0 Å². The van der Waals surface area contributed by atoms with Gasteiger partial charge in [-0.15, -0.1) is 11.3 Å². The standard InChI is InChI=1S/C13H15NO2S2/c1-10(15)16-8-4-5-9-17-13-14-11-6-2-3-7-12(11)18-13/h2-3,6-7H,4-5,8-9H2,1H3. The van der Waals surface area contributed by atoms with Crippen LogP contribution in [-0.2, 0) is 9.53 Å². The highest BCUT2D eigenvalue weighted by molar-refractivity contribution is 8.01. The molecule has 0 atom stereocenters. The number of hydrogen-bond acceptors (Lipinski definition) is 5. The van der Waals surface area contributed by atoms with Crippen LogP contribution in [0.15, 0.2) is 28.6 Å². The lowest BCUT2D eigenvalue weighted by Crippen LogP contribution is -2.00. The van der Waals surface area contributed by atoms with Crippen LogP contribution in [0, 0.1) is 0 Å². The molecule has 0 saturated carbocycles. The van der Waals surface area contributed by atoms with Crippen LogP contribution in [0.5, 0.6) is 0 Å². The lowest BCUT2D eigenvalue weighted by molar-refractivity contribution is -0.141. The Hall–Kier alpha value is -1.07. The lowest BCUT2D eigenvalue weighted by Gasteiger charge is -2.00. The van der Waals surface area contributed by atoms with E-state index in [9.17, 15) is 4.79 Å². The molecule has 0 aliphatic carbocycles. The van der Waals surface area contributed by atoms with Crippen molar-refractivity contribution in [1.82, 2.24) is 4.98 Å². The van der Waals surface area contributed by atoms with E-state index in [2.05, 4.69) is 11.1 Å². The van der Waals surface area contributed by atoms with Crippen LogP contribution < -0.4 is 0 Å². The highest BCUT2D eigenvalue weighted by Gasteiger charge is 2.03. The van der Waals surface area contributed by atoms with Crippen LogP contribution >= 0.6 is 23.1 Å². The van der Waals surface area contributed by atoms with Crippen molar-refractivity contribution in [2.45, 2.75) is 24.1 Å². The number of esters is 1. The number of unbranched alkanes of at least 4 members (excludes halogenated alkanes) is 1. The highest BCUT2D eigenvalue weighted by Crippen LogP contribution is 2.29. The average Bonchev–Trinajstić information content (AvgIpc) is 2.75. The van der Waals surface area contributed by atoms with Crippen LogP contribution in [0.1, 0.15) is 19.8 Å². The Balaban J connectivity index is 1.72. The van der Waals surface area contributed by atoms with Gasteiger partial charge in [-0.1, -0.05) is 23.9 Å². The molecule has 96 valence electrons. The van der Waals surface area contributed by atoms with E-state index < -0.39 is 0 Å². The largest absolute Gasteiger partial charge is 0.466 e. The van der Waals surface area contributed by atoms with Crippen molar-refractivity contribution in [3.05, 3.63) is 24.3 Å². The molecular formula is C13H15NO2S2. The molecule has 1 heterocycles. The van der Waals surface area contributed by atoms with Crippen molar-refractivity contribution in [1.29, 1.82) is 0 Å². The van der Waals surface area contributed by atoms with Crippen molar-refractivity contribution >= 4 is 39.3 Å². The number of hydrogen-bond donors (Lipinski definition) is 0. The first-order chi connectivity index (χ1) is 8.75. The first kappa shape index (κ1) is 13.4. The summed E-state index contributed by atoms with van der Waals surface area (Å²) >= 11 is 3.50. The number of nitrogens with zero attached hydrogens (tertiary/aromatic N) is 1. The van der Waals surface area contributed by atoms with Crippen molar-refractivity contribution in [3.8, 4) is 0 Å². The fraction of sp³-hybridized carbons (Fsp3) is 0.385. The number of thiazole rings is 1. The van der Waals surface area contributed by atoms with E-state index in [1.54, 1.807) is 23.1 Å². The van der Waals surface area contributed by atoms with Crippen LogP contribution in [0.4, 0.5) is 0 Å². The van der Waals surface area contributed by atoms with Crippen LogP contribution in [0.2, 0.25) is 0 Å². The predicted molar refractivity (Wildman–Crippen MR) is 76.2 cm³/mol. The van der Waals surface area contributed by atoms with E-state index in [0.29, 0.717) is 6.61 Å². The number of thioether (sulfide) groups is 1. The minimum absolute atomic E-state index is 0.200. The van der Waals surface area contributed by atoms with E-state index in [4.69, 9.17) is 4.74 Å². The van der Waals surface area contributed by atoms with Gasteiger partial charge in [0.15, 0.2) is 4.34 Å². The number of rotatable bonds is 6. The molecule has 18 heavy (non-hydrogen) atoms. The topological polar surface area (TPSA) is 39.2 Å². The highest BCUT2D eigenvalue weighted by atomic mass is 32.2. The molecule has 0 aliphatic heterocycles. The van der Waals surface area contributed by atoms with Crippen molar-refractivity contribution in [3.63, 3.8) is 0 Å². The maximum Gasteiger partial charge on any atom is 0.302 e. The molecule has 0 N–H and O–H groups in total. The SMILES string of the molecule is CC(=O)OCCCCSc1nc2ccccc2s1. The van der Waals surface area contributed by atoms with Gasteiger partial charge >= 0.3 is 5.97 Å². The van der Waals surface area contributed by atoms with E-state index in [1.165, 1.54) is 11.6 Å². The van der Waals surface area contributed by atoms with Crippen molar-refractivity contribution < 1.29 is 9.53 Å². The van der Waals surface area contributed by atoms with Gasteiger partial charge < -0.3 is 4.74 Å². The molecule has 0 saturated heterocycles. The smallest absolute Gasteiger partial charge is 0.302 e. The first-order valence-corrected chi connectivity index (χ1v) is 7.67. The molecule has 5 heteroatoms. The zero-order valence-electron chi connectivity index (χ0n) is 10.2. The summed E-state index contributed by atoms with van der Waals surface area (Å²) in [5.74, 6) is 0.815. The molecular weight excluding hydrogens is 266 g/mol. The molecule has 0 fully saturated rings. The fourth-order valence-electron chi connectivity index (χ4n) is 1.49. The summed E-state index contributed by atoms with van der Waals surface area (Å²) < 4.78 is 7.23. The van der Waals surface area contributed by atoms with Gasteiger partial charge in [0.05, 0.1) is 16.8 Å². The third-order valence-corrected chi connectivity index (χ3v) is 4.61. The summed E-state index contributed by atoms with van der Waals surface area (Å²) in [5.41, 5.74) is 1.07. The number of para-hydroxylation sites is 1. The van der Waals surface area contributed by atoms with E-state index in [0.717, 1.165) is 28.5 Å². The summed E-state index contributed by atoms with van der Waals surface area (Å²) in [4.78, 5) is 15.1. The Morgan fingerprint density at radius 2 is 2.22 bits per heavy atom. The molecule has 1 aromatic heterocycles.